The highest BCUT2D eigenvalue weighted by atomic mass is 35.5. The molecular weight excluding hydrogens is 303 g/mol. The van der Waals surface area contributed by atoms with Gasteiger partial charge in [0.2, 0.25) is 0 Å². The zero-order valence-corrected chi connectivity index (χ0v) is 13.1. The highest BCUT2D eigenvalue weighted by molar-refractivity contribution is 7.09. The van der Waals surface area contributed by atoms with E-state index in [-0.39, 0.29) is 6.04 Å². The first-order valence-electron chi connectivity index (χ1n) is 5.73. The van der Waals surface area contributed by atoms with Crippen molar-refractivity contribution in [3.63, 3.8) is 0 Å². The molecule has 1 atom stereocenters. The van der Waals surface area contributed by atoms with Crippen molar-refractivity contribution in [3.8, 4) is 0 Å². The number of nitrogens with zero attached hydrogens (tertiary/aromatic N) is 2. The van der Waals surface area contributed by atoms with Gasteiger partial charge in [-0.2, -0.15) is 0 Å². The van der Waals surface area contributed by atoms with Crippen LogP contribution >= 0.6 is 34.5 Å². The van der Waals surface area contributed by atoms with Crippen molar-refractivity contribution in [2.24, 2.45) is 0 Å². The third-order valence-corrected chi connectivity index (χ3v) is 4.25. The Kier molecular flexibility index (Phi) is 4.50. The molecule has 2 heterocycles. The van der Waals surface area contributed by atoms with Gasteiger partial charge in [0.15, 0.2) is 0 Å². The summed E-state index contributed by atoms with van der Waals surface area (Å²) in [5.41, 5.74) is 1.01. The zero-order chi connectivity index (χ0) is 14.0. The minimum Gasteiger partial charge on any atom is -0.372 e. The van der Waals surface area contributed by atoms with Gasteiger partial charge in [-0.05, 0) is 19.9 Å². The van der Waals surface area contributed by atoms with Gasteiger partial charge in [-0.3, -0.25) is 0 Å². The van der Waals surface area contributed by atoms with Crippen molar-refractivity contribution in [2.45, 2.75) is 19.9 Å². The first-order valence-corrected chi connectivity index (χ1v) is 7.37. The maximum Gasteiger partial charge on any atom is 0.147 e. The summed E-state index contributed by atoms with van der Waals surface area (Å²) in [5.74, 6) is 1.19. The van der Waals surface area contributed by atoms with Gasteiger partial charge in [-0.25, -0.2) is 9.97 Å². The number of pyridine rings is 1. The van der Waals surface area contributed by atoms with Crippen molar-refractivity contribution >= 4 is 46.2 Å². The van der Waals surface area contributed by atoms with Crippen molar-refractivity contribution in [3.05, 3.63) is 32.2 Å². The Bertz CT molecular complexity index is 585. The molecule has 0 amide bonds. The molecule has 0 fully saturated rings. The van der Waals surface area contributed by atoms with Gasteiger partial charge in [0.25, 0.3) is 0 Å². The maximum atomic E-state index is 6.14. The third kappa shape index (κ3) is 3.29. The number of hydrogen-bond acceptors (Lipinski definition) is 5. The van der Waals surface area contributed by atoms with Gasteiger partial charge in [0.05, 0.1) is 16.1 Å². The molecule has 2 aromatic rings. The maximum absolute atomic E-state index is 6.14. The lowest BCUT2D eigenvalue weighted by Gasteiger charge is -2.15. The molecule has 0 aliphatic carbocycles. The van der Waals surface area contributed by atoms with Gasteiger partial charge in [0.1, 0.15) is 16.6 Å². The molecule has 0 aliphatic heterocycles. The minimum absolute atomic E-state index is 0.0366. The second-order valence-corrected chi connectivity index (χ2v) is 5.80. The lowest BCUT2D eigenvalue weighted by molar-refractivity contribution is 0.856. The fourth-order valence-corrected chi connectivity index (χ4v) is 2.89. The number of thiazole rings is 1. The second-order valence-electron chi connectivity index (χ2n) is 4.09. The largest absolute Gasteiger partial charge is 0.372 e. The molecule has 7 heteroatoms. The van der Waals surface area contributed by atoms with E-state index in [2.05, 4.69) is 20.6 Å². The first-order chi connectivity index (χ1) is 9.01. The Morgan fingerprint density at radius 1 is 1.21 bits per heavy atom. The number of anilines is 2. The highest BCUT2D eigenvalue weighted by Gasteiger charge is 2.14. The normalized spacial score (nSPS) is 12.3. The number of aryl methyl sites for hydroxylation is 1. The van der Waals surface area contributed by atoms with Crippen LogP contribution in [-0.4, -0.2) is 17.0 Å². The Morgan fingerprint density at radius 2 is 1.89 bits per heavy atom. The van der Waals surface area contributed by atoms with Crippen LogP contribution in [-0.2, 0) is 0 Å². The Morgan fingerprint density at radius 3 is 2.47 bits per heavy atom. The number of hydrogen-bond donors (Lipinski definition) is 2. The van der Waals surface area contributed by atoms with E-state index in [1.54, 1.807) is 24.5 Å². The van der Waals surface area contributed by atoms with E-state index >= 15 is 0 Å². The Hall–Kier alpha value is -1.04. The topological polar surface area (TPSA) is 49.8 Å². The van der Waals surface area contributed by atoms with Crippen LogP contribution in [0.15, 0.2) is 11.4 Å². The van der Waals surface area contributed by atoms with Gasteiger partial charge < -0.3 is 10.6 Å². The average molecular weight is 317 g/mol. The summed E-state index contributed by atoms with van der Waals surface area (Å²) < 4.78 is 0. The van der Waals surface area contributed by atoms with Crippen LogP contribution in [0.3, 0.4) is 0 Å². The van der Waals surface area contributed by atoms with Crippen LogP contribution in [0.25, 0.3) is 0 Å². The fraction of sp³-hybridized carbons (Fsp3) is 0.333. The van der Waals surface area contributed by atoms with Crippen LogP contribution in [0, 0.1) is 6.92 Å². The summed E-state index contributed by atoms with van der Waals surface area (Å²) >= 11 is 13.8. The van der Waals surface area contributed by atoms with E-state index in [9.17, 15) is 0 Å². The molecular formula is C12H14Cl2N4S. The molecule has 0 saturated carbocycles. The summed E-state index contributed by atoms with van der Waals surface area (Å²) in [6.45, 7) is 3.99. The van der Waals surface area contributed by atoms with Crippen molar-refractivity contribution in [2.75, 3.05) is 17.7 Å². The Balaban J connectivity index is 2.23. The zero-order valence-electron chi connectivity index (χ0n) is 10.8. The smallest absolute Gasteiger partial charge is 0.147 e. The van der Waals surface area contributed by atoms with Crippen molar-refractivity contribution in [1.29, 1.82) is 0 Å². The molecule has 4 nitrogen and oxygen atoms in total. The number of nitrogens with one attached hydrogen (secondary N) is 2. The summed E-state index contributed by atoms with van der Waals surface area (Å²) in [5, 5.41) is 10.2. The summed E-state index contributed by atoms with van der Waals surface area (Å²) in [7, 11) is 1.76. The summed E-state index contributed by atoms with van der Waals surface area (Å²) in [4.78, 5) is 8.79. The van der Waals surface area contributed by atoms with Crippen molar-refractivity contribution < 1.29 is 0 Å². The summed E-state index contributed by atoms with van der Waals surface area (Å²) in [6, 6.07) is 1.71. The van der Waals surface area contributed by atoms with Crippen LogP contribution in [0.5, 0.6) is 0 Å². The lowest BCUT2D eigenvalue weighted by atomic mass is 10.3. The molecule has 0 bridgehead atoms. The monoisotopic (exact) mass is 316 g/mol. The highest BCUT2D eigenvalue weighted by Crippen LogP contribution is 2.31. The van der Waals surface area contributed by atoms with Gasteiger partial charge >= 0.3 is 0 Å². The quantitative estimate of drug-likeness (QED) is 0.879. The average Bonchev–Trinajstić information content (AvgIpc) is 2.79. The van der Waals surface area contributed by atoms with Gasteiger partial charge in [-0.15, -0.1) is 11.3 Å². The molecule has 102 valence electrons. The predicted octanol–water partition coefficient (Wildman–Crippen LogP) is 4.37. The molecule has 2 aromatic heterocycles. The lowest BCUT2D eigenvalue weighted by Crippen LogP contribution is -2.09. The summed E-state index contributed by atoms with van der Waals surface area (Å²) in [6.07, 6.45) is 0. The Labute approximate surface area is 126 Å². The molecule has 0 spiro atoms. The molecule has 1 unspecified atom stereocenters. The van der Waals surface area contributed by atoms with Crippen LogP contribution in [0.4, 0.5) is 11.6 Å². The number of aromatic nitrogens is 2. The van der Waals surface area contributed by atoms with E-state index in [4.69, 9.17) is 23.2 Å². The van der Waals surface area contributed by atoms with Gasteiger partial charge in [0, 0.05) is 18.1 Å². The molecule has 2 rings (SSSR count). The van der Waals surface area contributed by atoms with Gasteiger partial charge in [-0.1, -0.05) is 23.2 Å². The molecule has 0 radical (unpaired) electrons. The van der Waals surface area contributed by atoms with E-state index in [0.29, 0.717) is 21.7 Å². The van der Waals surface area contributed by atoms with Crippen LogP contribution < -0.4 is 10.6 Å². The first kappa shape index (κ1) is 14.4. The van der Waals surface area contributed by atoms with E-state index in [0.717, 1.165) is 10.7 Å². The third-order valence-electron chi connectivity index (χ3n) is 2.53. The van der Waals surface area contributed by atoms with E-state index in [1.165, 1.54) is 0 Å². The predicted molar refractivity (Wildman–Crippen MR) is 82.7 cm³/mol. The van der Waals surface area contributed by atoms with Crippen LogP contribution in [0.2, 0.25) is 10.0 Å². The number of halogens is 2. The minimum atomic E-state index is 0.0366. The van der Waals surface area contributed by atoms with E-state index in [1.807, 2.05) is 19.2 Å². The molecule has 19 heavy (non-hydrogen) atoms. The fourth-order valence-electron chi connectivity index (χ4n) is 1.58. The number of rotatable bonds is 4. The molecule has 0 aliphatic rings. The SMILES string of the molecule is CNc1nc(NC(C)c2nc(C)cs2)c(Cl)cc1Cl. The van der Waals surface area contributed by atoms with E-state index < -0.39 is 0 Å². The second kappa shape index (κ2) is 5.94. The van der Waals surface area contributed by atoms with Crippen molar-refractivity contribution in [1.82, 2.24) is 9.97 Å². The standard InChI is InChI=1S/C12H14Cl2N4S/c1-6-5-19-12(16-6)7(2)17-11-9(14)4-8(13)10(15-3)18-11/h4-5,7H,1-3H3,(H2,15,17,18). The molecule has 0 saturated heterocycles. The molecule has 0 aromatic carbocycles. The van der Waals surface area contributed by atoms with Crippen LogP contribution in [0.1, 0.15) is 23.7 Å². The molecule has 2 N–H and O–H groups in total.